The fraction of sp³-hybridized carbons (Fsp3) is 0.375. The highest BCUT2D eigenvalue weighted by Gasteiger charge is 2.22. The summed E-state index contributed by atoms with van der Waals surface area (Å²) in [5.41, 5.74) is 9.57. The molecule has 0 saturated heterocycles. The molecule has 0 nitrogen and oxygen atoms in total. The lowest BCUT2D eigenvalue weighted by molar-refractivity contribution is 0.838. The average molecular weight is 210 g/mol. The second-order valence-corrected chi connectivity index (χ2v) is 5.15. The van der Waals surface area contributed by atoms with E-state index in [2.05, 4.69) is 38.1 Å². The van der Waals surface area contributed by atoms with Gasteiger partial charge < -0.3 is 0 Å². The summed E-state index contributed by atoms with van der Waals surface area (Å²) in [5, 5.41) is 0. The molecule has 2 aliphatic rings. The standard InChI is InChI=1S/C16H18/c1-11-9-14-8-7-13-5-3-4-6-15(13)16(14)10-12(11)2/h3-6H,7-10H2,1-2H3. The predicted octanol–water partition coefficient (Wildman–Crippen LogP) is 4.52. The van der Waals surface area contributed by atoms with Crippen molar-refractivity contribution >= 4 is 5.57 Å². The maximum atomic E-state index is 2.30. The number of fused-ring (bicyclic) bond motifs is 2. The molecule has 0 fully saturated rings. The third-order valence-corrected chi connectivity index (χ3v) is 4.11. The molecular formula is C16H18. The monoisotopic (exact) mass is 210 g/mol. The fourth-order valence-corrected chi connectivity index (χ4v) is 2.96. The topological polar surface area (TPSA) is 0 Å². The number of hydrogen-bond donors (Lipinski definition) is 0. The summed E-state index contributed by atoms with van der Waals surface area (Å²) in [6, 6.07) is 8.94. The van der Waals surface area contributed by atoms with Gasteiger partial charge in [0.2, 0.25) is 0 Å². The Morgan fingerprint density at radius 2 is 1.62 bits per heavy atom. The zero-order chi connectivity index (χ0) is 11.1. The molecule has 0 amide bonds. The molecule has 0 aliphatic heterocycles. The molecule has 0 N–H and O–H groups in total. The molecule has 0 atom stereocenters. The average Bonchev–Trinajstić information content (AvgIpc) is 2.31. The number of hydrogen-bond acceptors (Lipinski definition) is 0. The summed E-state index contributed by atoms with van der Waals surface area (Å²) in [5.74, 6) is 0. The van der Waals surface area contributed by atoms with Crippen molar-refractivity contribution in [3.8, 4) is 0 Å². The molecule has 0 unspecified atom stereocenters. The van der Waals surface area contributed by atoms with Crippen LogP contribution in [-0.4, -0.2) is 0 Å². The van der Waals surface area contributed by atoms with E-state index in [9.17, 15) is 0 Å². The Hall–Kier alpha value is -1.30. The molecule has 1 aromatic carbocycles. The van der Waals surface area contributed by atoms with E-state index in [0.29, 0.717) is 0 Å². The van der Waals surface area contributed by atoms with Crippen LogP contribution in [0.15, 0.2) is 41.0 Å². The maximum Gasteiger partial charge on any atom is -0.00615 e. The Balaban J connectivity index is 2.09. The SMILES string of the molecule is CC1=C(C)CC2=C(CCc3ccccc32)C1. The number of allylic oxidation sites excluding steroid dienone is 4. The van der Waals surface area contributed by atoms with Crippen LogP contribution in [0.1, 0.15) is 44.2 Å². The van der Waals surface area contributed by atoms with Gasteiger partial charge in [0.05, 0.1) is 0 Å². The van der Waals surface area contributed by atoms with Crippen molar-refractivity contribution in [3.63, 3.8) is 0 Å². The summed E-state index contributed by atoms with van der Waals surface area (Å²) < 4.78 is 0. The smallest absolute Gasteiger partial charge is 0.00615 e. The van der Waals surface area contributed by atoms with Gasteiger partial charge in [-0.05, 0) is 56.2 Å². The molecule has 82 valence electrons. The van der Waals surface area contributed by atoms with Gasteiger partial charge in [-0.3, -0.25) is 0 Å². The van der Waals surface area contributed by atoms with Crippen LogP contribution in [0.5, 0.6) is 0 Å². The van der Waals surface area contributed by atoms with Crippen molar-refractivity contribution in [2.45, 2.75) is 39.5 Å². The van der Waals surface area contributed by atoms with Crippen LogP contribution in [0.25, 0.3) is 5.57 Å². The van der Waals surface area contributed by atoms with Crippen LogP contribution < -0.4 is 0 Å². The van der Waals surface area contributed by atoms with E-state index in [4.69, 9.17) is 0 Å². The molecule has 16 heavy (non-hydrogen) atoms. The molecule has 0 radical (unpaired) electrons. The summed E-state index contributed by atoms with van der Waals surface area (Å²) in [6.45, 7) is 4.58. The minimum Gasteiger partial charge on any atom is -0.0700 e. The molecule has 0 heterocycles. The predicted molar refractivity (Wildman–Crippen MR) is 69.3 cm³/mol. The second-order valence-electron chi connectivity index (χ2n) is 5.15. The minimum atomic E-state index is 1.18. The molecule has 0 bridgehead atoms. The zero-order valence-corrected chi connectivity index (χ0v) is 10.1. The molecule has 0 heteroatoms. The van der Waals surface area contributed by atoms with E-state index >= 15 is 0 Å². The van der Waals surface area contributed by atoms with Gasteiger partial charge >= 0.3 is 0 Å². The van der Waals surface area contributed by atoms with Crippen LogP contribution >= 0.6 is 0 Å². The van der Waals surface area contributed by atoms with Crippen molar-refractivity contribution in [2.24, 2.45) is 0 Å². The van der Waals surface area contributed by atoms with Crippen LogP contribution in [0.4, 0.5) is 0 Å². The van der Waals surface area contributed by atoms with Gasteiger partial charge in [0, 0.05) is 0 Å². The van der Waals surface area contributed by atoms with Crippen LogP contribution in [0, 0.1) is 0 Å². The second kappa shape index (κ2) is 3.62. The largest absolute Gasteiger partial charge is 0.0700 e. The third kappa shape index (κ3) is 1.44. The first-order valence-corrected chi connectivity index (χ1v) is 6.20. The Labute approximate surface area is 97.7 Å². The molecule has 0 saturated carbocycles. The van der Waals surface area contributed by atoms with Crippen molar-refractivity contribution < 1.29 is 0 Å². The molecule has 0 aromatic heterocycles. The van der Waals surface area contributed by atoms with E-state index in [1.807, 2.05) is 0 Å². The summed E-state index contributed by atoms with van der Waals surface area (Å²) in [4.78, 5) is 0. The van der Waals surface area contributed by atoms with E-state index in [-0.39, 0.29) is 0 Å². The lowest BCUT2D eigenvalue weighted by Crippen LogP contribution is -2.10. The first-order chi connectivity index (χ1) is 7.75. The van der Waals surface area contributed by atoms with E-state index in [1.165, 1.54) is 31.2 Å². The Morgan fingerprint density at radius 3 is 2.50 bits per heavy atom. The maximum absolute atomic E-state index is 2.30. The van der Waals surface area contributed by atoms with Gasteiger partial charge in [-0.1, -0.05) is 41.0 Å². The van der Waals surface area contributed by atoms with Gasteiger partial charge in [0.15, 0.2) is 0 Å². The summed E-state index contributed by atoms with van der Waals surface area (Å²) >= 11 is 0. The molecule has 3 rings (SSSR count). The Kier molecular flexibility index (Phi) is 2.24. The van der Waals surface area contributed by atoms with Crippen LogP contribution in [-0.2, 0) is 6.42 Å². The van der Waals surface area contributed by atoms with Crippen molar-refractivity contribution in [2.75, 3.05) is 0 Å². The van der Waals surface area contributed by atoms with Gasteiger partial charge in [-0.15, -0.1) is 0 Å². The van der Waals surface area contributed by atoms with Gasteiger partial charge in [-0.2, -0.15) is 0 Å². The van der Waals surface area contributed by atoms with Crippen LogP contribution in [0.2, 0.25) is 0 Å². The van der Waals surface area contributed by atoms with Gasteiger partial charge in [-0.25, -0.2) is 0 Å². The Morgan fingerprint density at radius 1 is 0.875 bits per heavy atom. The van der Waals surface area contributed by atoms with Gasteiger partial charge in [0.25, 0.3) is 0 Å². The summed E-state index contributed by atoms with van der Waals surface area (Å²) in [6.07, 6.45) is 4.91. The zero-order valence-electron chi connectivity index (χ0n) is 10.1. The van der Waals surface area contributed by atoms with Crippen LogP contribution in [0.3, 0.4) is 0 Å². The lowest BCUT2D eigenvalue weighted by Gasteiger charge is -2.28. The van der Waals surface area contributed by atoms with E-state index in [0.717, 1.165) is 0 Å². The fourth-order valence-electron chi connectivity index (χ4n) is 2.96. The van der Waals surface area contributed by atoms with Crippen molar-refractivity contribution in [3.05, 3.63) is 52.1 Å². The first kappa shape index (κ1) is 9.89. The molecule has 2 aliphatic carbocycles. The third-order valence-electron chi connectivity index (χ3n) is 4.11. The van der Waals surface area contributed by atoms with Crippen molar-refractivity contribution in [1.29, 1.82) is 0 Å². The van der Waals surface area contributed by atoms with E-state index in [1.54, 1.807) is 27.9 Å². The number of rotatable bonds is 0. The number of benzene rings is 1. The highest BCUT2D eigenvalue weighted by Crippen LogP contribution is 2.41. The highest BCUT2D eigenvalue weighted by molar-refractivity contribution is 5.76. The highest BCUT2D eigenvalue weighted by atomic mass is 14.3. The Bertz CT molecular complexity index is 501. The van der Waals surface area contributed by atoms with Crippen molar-refractivity contribution in [1.82, 2.24) is 0 Å². The normalized spacial score (nSPS) is 19.6. The molecule has 1 aromatic rings. The molecular weight excluding hydrogens is 192 g/mol. The summed E-state index contributed by atoms with van der Waals surface area (Å²) in [7, 11) is 0. The quantitative estimate of drug-likeness (QED) is 0.552. The molecule has 0 spiro atoms. The number of aryl methyl sites for hydroxylation is 1. The first-order valence-electron chi connectivity index (χ1n) is 6.20. The lowest BCUT2D eigenvalue weighted by atomic mass is 9.77. The van der Waals surface area contributed by atoms with E-state index < -0.39 is 0 Å². The minimum absolute atomic E-state index is 1.18. The van der Waals surface area contributed by atoms with Gasteiger partial charge in [0.1, 0.15) is 0 Å².